The smallest absolute Gasteiger partial charge is 0.323 e. The molecule has 0 aliphatic carbocycles. The molecule has 0 bridgehead atoms. The van der Waals surface area contributed by atoms with E-state index < -0.39 is 19.5 Å². The standard InChI is InChI=1S/C26H43N2O7P/c1-8-34-26(29)18(4)27-36(30,16-31-5)35-23-14-22-21-13-25(33-7)24(32-6)12-19(21)9-10-28(22)15-20(23)11-17(2)3/h12-13,17-18,20,22-23H,8-11,14-16H2,1-7H3,(H,27,30)/t18?,20-,22-,23-,36?/m1/s1. The normalized spacial score (nSPS) is 24.4. The molecule has 2 unspecified atom stereocenters. The van der Waals surface area contributed by atoms with Crippen LogP contribution in [0.5, 0.6) is 11.5 Å². The number of nitrogens with one attached hydrogen (secondary N) is 1. The second kappa shape index (κ2) is 12.7. The molecule has 0 amide bonds. The zero-order valence-electron chi connectivity index (χ0n) is 22.7. The summed E-state index contributed by atoms with van der Waals surface area (Å²) in [6.07, 6.45) is 2.18. The van der Waals surface area contributed by atoms with E-state index in [-0.39, 0.29) is 31.0 Å². The van der Waals surface area contributed by atoms with Gasteiger partial charge in [0.1, 0.15) is 12.4 Å². The van der Waals surface area contributed by atoms with Gasteiger partial charge in [-0.3, -0.25) is 14.3 Å². The van der Waals surface area contributed by atoms with Crippen LogP contribution < -0.4 is 14.6 Å². The van der Waals surface area contributed by atoms with Crippen molar-refractivity contribution in [3.05, 3.63) is 23.3 Å². The van der Waals surface area contributed by atoms with Gasteiger partial charge in [0.05, 0.1) is 26.9 Å². The highest BCUT2D eigenvalue weighted by Gasteiger charge is 2.43. The summed E-state index contributed by atoms with van der Waals surface area (Å²) in [4.78, 5) is 14.7. The van der Waals surface area contributed by atoms with E-state index in [1.807, 2.05) is 0 Å². The van der Waals surface area contributed by atoms with Crippen LogP contribution in [0.15, 0.2) is 12.1 Å². The summed E-state index contributed by atoms with van der Waals surface area (Å²) in [6, 6.07) is 3.47. The van der Waals surface area contributed by atoms with Crippen molar-refractivity contribution in [1.29, 1.82) is 0 Å². The van der Waals surface area contributed by atoms with Gasteiger partial charge >= 0.3 is 5.97 Å². The minimum atomic E-state index is -3.50. The molecule has 1 fully saturated rings. The molecule has 1 aromatic carbocycles. The molecule has 3 rings (SSSR count). The largest absolute Gasteiger partial charge is 0.493 e. The minimum Gasteiger partial charge on any atom is -0.493 e. The lowest BCUT2D eigenvalue weighted by molar-refractivity contribution is -0.144. The molecule has 5 atom stereocenters. The number of rotatable bonds is 12. The van der Waals surface area contributed by atoms with Gasteiger partial charge in [0.25, 0.3) is 7.52 Å². The molecule has 2 aliphatic heterocycles. The number of carbonyl (C=O) groups is 1. The average Bonchev–Trinajstić information content (AvgIpc) is 2.83. The number of hydrogen-bond donors (Lipinski definition) is 1. The molecular weight excluding hydrogens is 483 g/mol. The highest BCUT2D eigenvalue weighted by molar-refractivity contribution is 7.56. The number of carbonyl (C=O) groups excluding carboxylic acids is 1. The van der Waals surface area contributed by atoms with Crippen LogP contribution in [0, 0.1) is 11.8 Å². The molecule has 1 saturated heterocycles. The fourth-order valence-electron chi connectivity index (χ4n) is 5.47. The van der Waals surface area contributed by atoms with E-state index in [0.717, 1.165) is 31.7 Å². The Bertz CT molecular complexity index is 941. The molecule has 36 heavy (non-hydrogen) atoms. The summed E-state index contributed by atoms with van der Waals surface area (Å²) < 4.78 is 41.8. The van der Waals surface area contributed by atoms with Crippen LogP contribution in [-0.4, -0.2) is 70.4 Å². The molecular formula is C26H43N2O7P. The van der Waals surface area contributed by atoms with Crippen molar-refractivity contribution in [1.82, 2.24) is 9.99 Å². The quantitative estimate of drug-likeness (QED) is 0.314. The van der Waals surface area contributed by atoms with Crippen molar-refractivity contribution < 1.29 is 32.8 Å². The van der Waals surface area contributed by atoms with Crippen LogP contribution in [0.25, 0.3) is 0 Å². The number of nitrogens with zero attached hydrogens (tertiary/aromatic N) is 1. The Morgan fingerprint density at radius 1 is 1.17 bits per heavy atom. The van der Waals surface area contributed by atoms with Gasteiger partial charge < -0.3 is 23.5 Å². The highest BCUT2D eigenvalue weighted by Crippen LogP contribution is 2.51. The van der Waals surface area contributed by atoms with Crippen molar-refractivity contribution >= 4 is 13.5 Å². The number of hydrogen-bond acceptors (Lipinski definition) is 8. The van der Waals surface area contributed by atoms with Gasteiger partial charge in [-0.15, -0.1) is 0 Å². The van der Waals surface area contributed by atoms with Gasteiger partial charge in [-0.25, -0.2) is 5.09 Å². The zero-order valence-corrected chi connectivity index (χ0v) is 23.6. The average molecular weight is 527 g/mol. The van der Waals surface area contributed by atoms with Crippen LogP contribution in [-0.2, 0) is 29.8 Å². The van der Waals surface area contributed by atoms with E-state index in [4.69, 9.17) is 23.5 Å². The Balaban J connectivity index is 1.90. The lowest BCUT2D eigenvalue weighted by Crippen LogP contribution is -2.49. The SMILES string of the molecule is CCOC(=O)C(C)NP(=O)(COC)O[C@@H]1C[C@@H]2c3cc(OC)c(OC)cc3CCN2C[C@H]1CC(C)C. The first-order chi connectivity index (χ1) is 17.1. The van der Waals surface area contributed by atoms with Crippen molar-refractivity contribution in [2.75, 3.05) is 47.4 Å². The van der Waals surface area contributed by atoms with E-state index in [0.29, 0.717) is 18.1 Å². The number of esters is 1. The van der Waals surface area contributed by atoms with Crippen LogP contribution in [0.1, 0.15) is 57.7 Å². The Kier molecular flexibility index (Phi) is 10.2. The third-order valence-electron chi connectivity index (χ3n) is 6.97. The molecule has 0 aromatic heterocycles. The zero-order chi connectivity index (χ0) is 26.5. The predicted octanol–water partition coefficient (Wildman–Crippen LogP) is 4.39. The Hall–Kier alpha value is -1.64. The molecule has 2 heterocycles. The Morgan fingerprint density at radius 2 is 1.86 bits per heavy atom. The van der Waals surface area contributed by atoms with Crippen molar-refractivity contribution in [3.8, 4) is 11.5 Å². The highest BCUT2D eigenvalue weighted by atomic mass is 31.2. The molecule has 204 valence electrons. The first-order valence-corrected chi connectivity index (χ1v) is 14.6. The second-order valence-corrected chi connectivity index (χ2v) is 12.2. The number of benzene rings is 1. The molecule has 9 nitrogen and oxygen atoms in total. The minimum absolute atomic E-state index is 0.112. The van der Waals surface area contributed by atoms with E-state index >= 15 is 0 Å². The van der Waals surface area contributed by atoms with Crippen LogP contribution >= 0.6 is 7.52 Å². The van der Waals surface area contributed by atoms with Gasteiger partial charge in [-0.1, -0.05) is 13.8 Å². The summed E-state index contributed by atoms with van der Waals surface area (Å²) in [5.74, 6) is 1.64. The van der Waals surface area contributed by atoms with E-state index in [1.165, 1.54) is 18.2 Å². The van der Waals surface area contributed by atoms with Gasteiger partial charge in [0.2, 0.25) is 0 Å². The number of ether oxygens (including phenoxy) is 4. The van der Waals surface area contributed by atoms with Crippen molar-refractivity contribution in [3.63, 3.8) is 0 Å². The third-order valence-corrected chi connectivity index (χ3v) is 8.96. The molecule has 10 heteroatoms. The summed E-state index contributed by atoms with van der Waals surface area (Å²) in [7, 11) is 1.28. The Labute approximate surface area is 215 Å². The van der Waals surface area contributed by atoms with E-state index in [1.54, 1.807) is 28.1 Å². The molecule has 2 aliphatic rings. The van der Waals surface area contributed by atoms with Gasteiger partial charge in [-0.05, 0) is 68.2 Å². The number of fused-ring (bicyclic) bond motifs is 3. The number of piperidine rings is 1. The van der Waals surface area contributed by atoms with Gasteiger partial charge in [0, 0.05) is 26.2 Å². The fraction of sp³-hybridized carbons (Fsp3) is 0.731. The van der Waals surface area contributed by atoms with Crippen molar-refractivity contribution in [2.45, 2.75) is 65.1 Å². The van der Waals surface area contributed by atoms with Gasteiger partial charge in [0.15, 0.2) is 11.5 Å². The molecule has 0 saturated carbocycles. The second-order valence-electron chi connectivity index (χ2n) is 10.1. The maximum Gasteiger partial charge on any atom is 0.323 e. The van der Waals surface area contributed by atoms with Gasteiger partial charge in [-0.2, -0.15) is 0 Å². The molecule has 1 N–H and O–H groups in total. The lowest BCUT2D eigenvalue weighted by atomic mass is 9.79. The first-order valence-electron chi connectivity index (χ1n) is 12.8. The predicted molar refractivity (Wildman–Crippen MR) is 139 cm³/mol. The summed E-state index contributed by atoms with van der Waals surface area (Å²) in [6.45, 7) is 9.82. The topological polar surface area (TPSA) is 95.6 Å². The summed E-state index contributed by atoms with van der Waals surface area (Å²) >= 11 is 0. The van der Waals surface area contributed by atoms with E-state index in [9.17, 15) is 9.36 Å². The molecule has 0 radical (unpaired) electrons. The Morgan fingerprint density at radius 3 is 2.47 bits per heavy atom. The maximum atomic E-state index is 13.9. The summed E-state index contributed by atoms with van der Waals surface area (Å²) in [5, 5.41) is 2.91. The van der Waals surface area contributed by atoms with Crippen LogP contribution in [0.4, 0.5) is 0 Å². The maximum absolute atomic E-state index is 13.9. The first kappa shape index (κ1) is 28.9. The van der Waals surface area contributed by atoms with Crippen LogP contribution in [0.2, 0.25) is 0 Å². The van der Waals surface area contributed by atoms with Crippen molar-refractivity contribution in [2.24, 2.45) is 11.8 Å². The monoisotopic (exact) mass is 526 g/mol. The fourth-order valence-corrected chi connectivity index (χ4v) is 7.40. The lowest BCUT2D eigenvalue weighted by Gasteiger charge is -2.48. The molecule has 0 spiro atoms. The number of methoxy groups -OCH3 is 3. The molecule has 1 aromatic rings. The van der Waals surface area contributed by atoms with Crippen LogP contribution in [0.3, 0.4) is 0 Å². The van der Waals surface area contributed by atoms with E-state index in [2.05, 4.69) is 36.0 Å². The third kappa shape index (κ3) is 6.81. The summed E-state index contributed by atoms with van der Waals surface area (Å²) in [5.41, 5.74) is 2.44.